The fourth-order valence-corrected chi connectivity index (χ4v) is 1.37. The molecule has 0 atom stereocenters. The lowest BCUT2D eigenvalue weighted by molar-refractivity contribution is 0.0957. The van der Waals surface area contributed by atoms with E-state index in [-0.39, 0.29) is 11.9 Å². The summed E-state index contributed by atoms with van der Waals surface area (Å²) in [7, 11) is 1.55. The fourth-order valence-electron chi connectivity index (χ4n) is 1.37. The maximum absolute atomic E-state index is 11.4. The maximum atomic E-state index is 11.4. The molecule has 0 fully saturated rings. The van der Waals surface area contributed by atoms with Gasteiger partial charge in [0, 0.05) is 25.0 Å². The highest BCUT2D eigenvalue weighted by Crippen LogP contribution is 2.10. The molecule has 3 N–H and O–H groups in total. The number of nitrogens with two attached hydrogens (primary N) is 1. The number of nitrogens with one attached hydrogen (secondary N) is 1. The van der Waals surface area contributed by atoms with Crippen LogP contribution in [0, 0.1) is 6.92 Å². The second-order valence-electron chi connectivity index (χ2n) is 3.46. The molecule has 0 aliphatic rings. The molecule has 0 radical (unpaired) electrons. The zero-order valence-corrected chi connectivity index (χ0v) is 9.51. The molecule has 0 aliphatic carbocycles. The van der Waals surface area contributed by atoms with Crippen LogP contribution >= 0.6 is 0 Å². The molecule has 0 saturated heterocycles. The predicted molar refractivity (Wildman–Crippen MR) is 61.7 cm³/mol. The lowest BCUT2D eigenvalue weighted by Crippen LogP contribution is -2.18. The minimum Gasteiger partial charge on any atom is -0.368 e. The first-order chi connectivity index (χ1) is 8.11. The zero-order valence-electron chi connectivity index (χ0n) is 9.51. The highest BCUT2D eigenvalue weighted by molar-refractivity contribution is 5.91. The Hall–Kier alpha value is -2.44. The third kappa shape index (κ3) is 2.07. The average molecular weight is 232 g/mol. The van der Waals surface area contributed by atoms with Crippen LogP contribution in [0.2, 0.25) is 0 Å². The van der Waals surface area contributed by atoms with Crippen LogP contribution < -0.4 is 11.1 Å². The molecule has 17 heavy (non-hydrogen) atoms. The fraction of sp³-hybridized carbons (Fsp3) is 0.200. The number of rotatable bonds is 2. The second-order valence-corrected chi connectivity index (χ2v) is 3.46. The number of aromatic nitrogens is 4. The number of aryl methyl sites for hydroxylation is 1. The van der Waals surface area contributed by atoms with Crippen molar-refractivity contribution in [3.63, 3.8) is 0 Å². The topological polar surface area (TPSA) is 98.7 Å². The minimum absolute atomic E-state index is 0.169. The number of amides is 1. The molecule has 0 spiro atoms. The van der Waals surface area contributed by atoms with E-state index >= 15 is 0 Å². The van der Waals surface area contributed by atoms with Crippen LogP contribution in [0.4, 0.5) is 5.95 Å². The van der Waals surface area contributed by atoms with E-state index in [1.807, 2.05) is 6.92 Å². The molecule has 7 heteroatoms. The molecule has 1 amide bonds. The number of nitrogen functional groups attached to an aromatic ring is 1. The smallest absolute Gasteiger partial charge is 0.271 e. The summed E-state index contributed by atoms with van der Waals surface area (Å²) in [5.41, 5.74) is 6.66. The van der Waals surface area contributed by atoms with Crippen molar-refractivity contribution < 1.29 is 4.79 Å². The Labute approximate surface area is 97.7 Å². The van der Waals surface area contributed by atoms with Gasteiger partial charge in [-0.3, -0.25) is 4.79 Å². The van der Waals surface area contributed by atoms with Crippen LogP contribution in [0.1, 0.15) is 16.1 Å². The van der Waals surface area contributed by atoms with E-state index in [9.17, 15) is 4.79 Å². The Morgan fingerprint density at radius 2 is 2.29 bits per heavy atom. The van der Waals surface area contributed by atoms with Crippen molar-refractivity contribution in [1.82, 2.24) is 25.1 Å². The number of carbonyl (C=O) groups is 1. The summed E-state index contributed by atoms with van der Waals surface area (Å²) in [5, 5.41) is 6.61. The van der Waals surface area contributed by atoms with Crippen molar-refractivity contribution in [2.75, 3.05) is 12.8 Å². The van der Waals surface area contributed by atoms with E-state index in [0.29, 0.717) is 11.5 Å². The molecule has 2 aromatic rings. The third-order valence-electron chi connectivity index (χ3n) is 2.23. The van der Waals surface area contributed by atoms with Gasteiger partial charge in [0.2, 0.25) is 5.95 Å². The highest BCUT2D eigenvalue weighted by atomic mass is 16.1. The van der Waals surface area contributed by atoms with Crippen molar-refractivity contribution in [3.8, 4) is 5.82 Å². The molecule has 0 unspecified atom stereocenters. The summed E-state index contributed by atoms with van der Waals surface area (Å²) < 4.78 is 1.50. The molecule has 2 aromatic heterocycles. The third-order valence-corrected chi connectivity index (χ3v) is 2.23. The summed E-state index contributed by atoms with van der Waals surface area (Å²) in [6.45, 7) is 1.84. The van der Waals surface area contributed by atoms with Gasteiger partial charge >= 0.3 is 0 Å². The van der Waals surface area contributed by atoms with Crippen LogP contribution in [0.3, 0.4) is 0 Å². The Morgan fingerprint density at radius 1 is 1.53 bits per heavy atom. The first-order valence-corrected chi connectivity index (χ1v) is 4.99. The number of nitrogens with zero attached hydrogens (tertiary/aromatic N) is 4. The van der Waals surface area contributed by atoms with Gasteiger partial charge in [-0.1, -0.05) is 0 Å². The van der Waals surface area contributed by atoms with Crippen LogP contribution in [0.15, 0.2) is 18.5 Å². The summed E-state index contributed by atoms with van der Waals surface area (Å²) in [6, 6.07) is 1.61. The Kier molecular flexibility index (Phi) is 2.73. The summed E-state index contributed by atoms with van der Waals surface area (Å²) in [5.74, 6) is 0.485. The molecule has 2 rings (SSSR count). The second kappa shape index (κ2) is 4.20. The highest BCUT2D eigenvalue weighted by Gasteiger charge is 2.10. The van der Waals surface area contributed by atoms with Crippen molar-refractivity contribution in [2.45, 2.75) is 6.92 Å². The molecular formula is C10H12N6O. The lowest BCUT2D eigenvalue weighted by atomic mass is 10.3. The van der Waals surface area contributed by atoms with Crippen molar-refractivity contribution >= 4 is 11.9 Å². The van der Waals surface area contributed by atoms with Crippen LogP contribution in [0.5, 0.6) is 0 Å². The standard InChI is InChI=1S/C10H12N6O/c1-6-5-13-10(11)14-8(6)16-4-3-7(15-16)9(17)12-2/h3-5H,1-2H3,(H,12,17)(H2,11,13,14). The van der Waals surface area contributed by atoms with Gasteiger partial charge in [-0.2, -0.15) is 10.1 Å². The number of carbonyl (C=O) groups excluding carboxylic acids is 1. The molecule has 88 valence electrons. The average Bonchev–Trinajstić information content (AvgIpc) is 2.80. The first-order valence-electron chi connectivity index (χ1n) is 4.99. The van der Waals surface area contributed by atoms with E-state index in [4.69, 9.17) is 5.73 Å². The van der Waals surface area contributed by atoms with E-state index < -0.39 is 0 Å². The van der Waals surface area contributed by atoms with Gasteiger partial charge in [-0.05, 0) is 13.0 Å². The summed E-state index contributed by atoms with van der Waals surface area (Å²) >= 11 is 0. The largest absolute Gasteiger partial charge is 0.368 e. The minimum atomic E-state index is -0.247. The van der Waals surface area contributed by atoms with Gasteiger partial charge in [-0.25, -0.2) is 9.67 Å². The van der Waals surface area contributed by atoms with E-state index in [2.05, 4.69) is 20.4 Å². The number of anilines is 1. The predicted octanol–water partition coefficient (Wildman–Crippen LogP) is -0.0875. The van der Waals surface area contributed by atoms with Crippen molar-refractivity contribution in [3.05, 3.63) is 29.7 Å². The van der Waals surface area contributed by atoms with Crippen LogP contribution in [0.25, 0.3) is 5.82 Å². The van der Waals surface area contributed by atoms with Gasteiger partial charge in [-0.15, -0.1) is 0 Å². The number of hydrogen-bond donors (Lipinski definition) is 2. The Balaban J connectivity index is 2.43. The van der Waals surface area contributed by atoms with Crippen molar-refractivity contribution in [1.29, 1.82) is 0 Å². The Bertz CT molecular complexity index is 562. The van der Waals surface area contributed by atoms with Crippen molar-refractivity contribution in [2.24, 2.45) is 0 Å². The molecular weight excluding hydrogens is 220 g/mol. The maximum Gasteiger partial charge on any atom is 0.271 e. The van der Waals surface area contributed by atoms with Crippen LogP contribution in [-0.4, -0.2) is 32.7 Å². The molecule has 7 nitrogen and oxygen atoms in total. The molecule has 0 saturated carbocycles. The quantitative estimate of drug-likeness (QED) is 0.754. The van der Waals surface area contributed by atoms with Gasteiger partial charge in [0.25, 0.3) is 5.91 Å². The number of hydrogen-bond acceptors (Lipinski definition) is 5. The molecule has 2 heterocycles. The molecule has 0 aromatic carbocycles. The summed E-state index contributed by atoms with van der Waals surface area (Å²) in [6.07, 6.45) is 3.26. The monoisotopic (exact) mass is 232 g/mol. The first kappa shape index (κ1) is 11.1. The van der Waals surface area contributed by atoms with E-state index in [1.54, 1.807) is 25.5 Å². The SMILES string of the molecule is CNC(=O)c1ccn(-c2nc(N)ncc2C)n1. The lowest BCUT2D eigenvalue weighted by Gasteiger charge is -2.04. The van der Waals surface area contributed by atoms with Gasteiger partial charge in [0.1, 0.15) is 0 Å². The summed E-state index contributed by atoms with van der Waals surface area (Å²) in [4.78, 5) is 19.3. The zero-order chi connectivity index (χ0) is 12.4. The van der Waals surface area contributed by atoms with Crippen LogP contribution in [-0.2, 0) is 0 Å². The van der Waals surface area contributed by atoms with Gasteiger partial charge < -0.3 is 11.1 Å². The normalized spacial score (nSPS) is 10.2. The van der Waals surface area contributed by atoms with E-state index in [1.165, 1.54) is 4.68 Å². The van der Waals surface area contributed by atoms with Gasteiger partial charge in [0.05, 0.1) is 0 Å². The Morgan fingerprint density at radius 3 is 3.00 bits per heavy atom. The molecule has 0 aliphatic heterocycles. The van der Waals surface area contributed by atoms with E-state index in [0.717, 1.165) is 5.56 Å². The van der Waals surface area contributed by atoms with Gasteiger partial charge in [0.15, 0.2) is 11.5 Å². The molecule has 0 bridgehead atoms.